The number of aromatic nitrogens is 1. The number of amidine groups is 1. The number of hydrogen-bond acceptors (Lipinski definition) is 10. The summed E-state index contributed by atoms with van der Waals surface area (Å²) in [5.74, 6) is 0.175. The normalized spacial score (nSPS) is 15.0. The zero-order valence-corrected chi connectivity index (χ0v) is 22.7. The molecule has 0 spiro atoms. The molecule has 0 radical (unpaired) electrons. The number of rotatable bonds is 7. The van der Waals surface area contributed by atoms with Crippen LogP contribution in [0.4, 0.5) is 16.5 Å². The predicted molar refractivity (Wildman–Crippen MR) is 141 cm³/mol. The second-order valence-corrected chi connectivity index (χ2v) is 10.6. The van der Waals surface area contributed by atoms with Gasteiger partial charge < -0.3 is 12.6 Å². The zero-order chi connectivity index (χ0) is 25.4. The third-order valence-electron chi connectivity index (χ3n) is 4.35. The molecule has 1 aromatic heterocycles. The molecule has 1 aliphatic rings. The first-order chi connectivity index (χ1) is 16.8. The van der Waals surface area contributed by atoms with Crippen LogP contribution in [0.3, 0.4) is 0 Å². The molecule has 15 heteroatoms. The van der Waals surface area contributed by atoms with Gasteiger partial charge >= 0.3 is 24.8 Å². The summed E-state index contributed by atoms with van der Waals surface area (Å²) in [5, 5.41) is 20.4. The fourth-order valence-corrected chi connectivity index (χ4v) is 5.50. The Bertz CT molecular complexity index is 1360. The van der Waals surface area contributed by atoms with Gasteiger partial charge in [-0.3, -0.25) is 10.1 Å². The van der Waals surface area contributed by atoms with Crippen LogP contribution >= 0.6 is 33.5 Å². The van der Waals surface area contributed by atoms with Crippen molar-refractivity contribution in [2.45, 2.75) is 11.8 Å². The van der Waals surface area contributed by atoms with Crippen molar-refractivity contribution in [2.24, 2.45) is 14.7 Å². The van der Waals surface area contributed by atoms with Crippen molar-refractivity contribution >= 4 is 84.2 Å². The molecular weight excluding hydrogens is 593 g/mol. The Kier molecular flexibility index (Phi) is 9.78. The maximum absolute atomic E-state index is 12.4. The van der Waals surface area contributed by atoms with E-state index in [2.05, 4.69) is 49.2 Å². The molecule has 0 saturated carbocycles. The number of nitrogens with one attached hydrogen (secondary N) is 2. The van der Waals surface area contributed by atoms with Gasteiger partial charge in [0.05, 0.1) is 22.0 Å². The Morgan fingerprint density at radius 2 is 1.89 bits per heavy atom. The van der Waals surface area contributed by atoms with Crippen LogP contribution in [0.2, 0.25) is 0 Å². The molecule has 2 aromatic carbocycles. The van der Waals surface area contributed by atoms with E-state index in [0.29, 0.717) is 26.3 Å². The zero-order valence-electron chi connectivity index (χ0n) is 17.7. The van der Waals surface area contributed by atoms with Crippen LogP contribution in [0.1, 0.15) is 6.92 Å². The van der Waals surface area contributed by atoms with Crippen LogP contribution in [0.5, 0.6) is 0 Å². The Morgan fingerprint density at radius 3 is 2.51 bits per heavy atom. The van der Waals surface area contributed by atoms with E-state index in [9.17, 15) is 8.42 Å². The summed E-state index contributed by atoms with van der Waals surface area (Å²) in [6.07, 6.45) is 1.52. The molecule has 35 heavy (non-hydrogen) atoms. The van der Waals surface area contributed by atoms with E-state index in [1.165, 1.54) is 46.8 Å². The standard InChI is InChI=1S/C20H17N7O2S4.ClH.Ni/c1-13-17(18(21)27(24-13)15-5-3-2-4-6-15)19(30)32-26-23-14-7-9-16(10-8-14)33(28,29)25-20-22-11-12-31-20;;/h2-12,21,30H,1H3,(H,22,25);1H;/q;;+1/p-2/b19-17-,21-18?,26-23?;;. The first-order valence-corrected chi connectivity index (χ1v) is 14.4. The number of nitrogens with zero attached hydrogens (tertiary/aromatic N) is 5. The average molecular weight is 609 g/mol. The summed E-state index contributed by atoms with van der Waals surface area (Å²) in [6, 6.07) is 15.3. The van der Waals surface area contributed by atoms with Crippen molar-refractivity contribution in [3.63, 3.8) is 0 Å². The van der Waals surface area contributed by atoms with Crippen molar-refractivity contribution in [1.82, 2.24) is 4.98 Å². The Hall–Kier alpha value is -2.35. The summed E-state index contributed by atoms with van der Waals surface area (Å²) < 4.78 is 31.6. The quantitative estimate of drug-likeness (QED) is 0.147. The van der Waals surface area contributed by atoms with Crippen LogP contribution in [0.15, 0.2) is 95.6 Å². The molecule has 2 N–H and O–H groups in total. The van der Waals surface area contributed by atoms with Crippen molar-refractivity contribution in [1.29, 1.82) is 5.41 Å². The van der Waals surface area contributed by atoms with Gasteiger partial charge in [0.2, 0.25) is 0 Å². The van der Waals surface area contributed by atoms with Gasteiger partial charge in [-0.15, -0.1) is 25.2 Å². The van der Waals surface area contributed by atoms with Crippen molar-refractivity contribution in [2.75, 3.05) is 9.73 Å². The topological polar surface area (TPSA) is 123 Å². The average Bonchev–Trinajstić information content (AvgIpc) is 3.47. The second-order valence-electron chi connectivity index (χ2n) is 6.55. The molecule has 0 aliphatic carbocycles. The number of anilines is 2. The number of benzene rings is 2. The van der Waals surface area contributed by atoms with E-state index in [4.69, 9.17) is 18.0 Å². The molecular formula is C20H16ClN7NiO2S4-. The molecule has 2 heterocycles. The molecule has 185 valence electrons. The Morgan fingerprint density at radius 1 is 1.20 bits per heavy atom. The van der Waals surface area contributed by atoms with Gasteiger partial charge in [0, 0.05) is 29.1 Å². The predicted octanol–water partition coefficient (Wildman–Crippen LogP) is 5.99. The first-order valence-electron chi connectivity index (χ1n) is 9.48. The van der Waals surface area contributed by atoms with Gasteiger partial charge in [-0.1, -0.05) is 18.2 Å². The summed E-state index contributed by atoms with van der Waals surface area (Å²) in [6.45, 7) is 1.79. The molecule has 0 atom stereocenters. The van der Waals surface area contributed by atoms with E-state index in [1.807, 2.05) is 30.3 Å². The molecule has 0 saturated heterocycles. The fraction of sp³-hybridized carbons (Fsp3) is 0.0500. The van der Waals surface area contributed by atoms with E-state index in [0.717, 1.165) is 17.6 Å². The van der Waals surface area contributed by atoms with Crippen LogP contribution in [0.25, 0.3) is 0 Å². The number of hydrazone groups is 1. The van der Waals surface area contributed by atoms with Crippen LogP contribution in [-0.2, 0) is 37.2 Å². The van der Waals surface area contributed by atoms with Crippen molar-refractivity contribution < 1.29 is 23.0 Å². The molecule has 0 fully saturated rings. The van der Waals surface area contributed by atoms with E-state index in [1.54, 1.807) is 12.3 Å². The molecule has 3 aromatic rings. The fourth-order valence-electron chi connectivity index (χ4n) is 2.82. The van der Waals surface area contributed by atoms with Crippen molar-refractivity contribution in [3.8, 4) is 0 Å². The van der Waals surface area contributed by atoms with Gasteiger partial charge in [-0.2, -0.15) is 5.10 Å². The first kappa shape index (κ1) is 27.2. The minimum atomic E-state index is -3.73. The second kappa shape index (κ2) is 12.6. The SMILES string of the molecule is CC1=NN(c2ccccc2)C(=N)/C1=C(/[S-])SN=Nc1ccc(S(=O)(=O)Nc2nccs2)cc1.[Cl][Ni]. The molecule has 9 nitrogen and oxygen atoms in total. The molecule has 1 aliphatic heterocycles. The van der Waals surface area contributed by atoms with E-state index < -0.39 is 10.0 Å². The minimum absolute atomic E-state index is 0.0858. The van der Waals surface area contributed by atoms with Gasteiger partial charge in [0.25, 0.3) is 10.0 Å². The van der Waals surface area contributed by atoms with Gasteiger partial charge in [0.15, 0.2) is 11.0 Å². The van der Waals surface area contributed by atoms with Crippen LogP contribution in [0, 0.1) is 5.41 Å². The number of para-hydroxylation sites is 1. The number of sulfonamides is 1. The molecule has 0 amide bonds. The summed E-state index contributed by atoms with van der Waals surface area (Å²) >= 11 is 10.9. The monoisotopic (exact) mass is 607 g/mol. The van der Waals surface area contributed by atoms with Crippen LogP contribution < -0.4 is 9.73 Å². The van der Waals surface area contributed by atoms with Gasteiger partial charge in [-0.05, 0) is 43.3 Å². The maximum atomic E-state index is 12.4. The van der Waals surface area contributed by atoms with Crippen molar-refractivity contribution in [3.05, 3.63) is 76.0 Å². The van der Waals surface area contributed by atoms with Gasteiger partial charge in [0.1, 0.15) is 0 Å². The van der Waals surface area contributed by atoms with E-state index >= 15 is 0 Å². The summed E-state index contributed by atoms with van der Waals surface area (Å²) in [4.78, 5) is 4.00. The molecule has 0 unspecified atom stereocenters. The number of halogens is 1. The Labute approximate surface area is 228 Å². The van der Waals surface area contributed by atoms with Gasteiger partial charge in [-0.25, -0.2) is 18.4 Å². The number of thiazole rings is 1. The summed E-state index contributed by atoms with van der Waals surface area (Å²) in [5.41, 5.74) is 2.37. The molecule has 4 rings (SSSR count). The third-order valence-corrected chi connectivity index (χ3v) is 7.48. The summed E-state index contributed by atoms with van der Waals surface area (Å²) in [7, 11) is 0.533. The third kappa shape index (κ3) is 6.87. The number of hydrogen-bond donors (Lipinski definition) is 2. The van der Waals surface area contributed by atoms with Crippen LogP contribution in [-0.4, -0.2) is 24.9 Å². The Balaban J connectivity index is 0.00000167. The van der Waals surface area contributed by atoms with E-state index in [-0.39, 0.29) is 10.7 Å². The molecule has 0 bridgehead atoms.